The van der Waals surface area contributed by atoms with Crippen molar-refractivity contribution in [2.75, 3.05) is 18.0 Å². The van der Waals surface area contributed by atoms with Crippen LogP contribution in [-0.2, 0) is 0 Å². The lowest BCUT2D eigenvalue weighted by Gasteiger charge is -2.22. The summed E-state index contributed by atoms with van der Waals surface area (Å²) in [5.74, 6) is 1.07. The third-order valence-electron chi connectivity index (χ3n) is 2.75. The zero-order valence-corrected chi connectivity index (χ0v) is 10.2. The number of aromatic nitrogens is 3. The maximum Gasteiger partial charge on any atom is 0.154 e. The quantitative estimate of drug-likeness (QED) is 0.351. The highest BCUT2D eigenvalue weighted by atomic mass is 16.4. The molecule has 18 heavy (non-hydrogen) atoms. The first-order valence-corrected chi connectivity index (χ1v) is 5.76. The van der Waals surface area contributed by atoms with Crippen molar-refractivity contribution in [1.29, 1.82) is 0 Å². The number of hydrogen-bond acceptors (Lipinski definition) is 5. The minimum absolute atomic E-state index is 0.217. The molecule has 0 spiro atoms. The van der Waals surface area contributed by atoms with Gasteiger partial charge in [0.1, 0.15) is 11.4 Å². The maximum absolute atomic E-state index is 8.54. The second-order valence-corrected chi connectivity index (χ2v) is 3.83. The van der Waals surface area contributed by atoms with E-state index in [-0.39, 0.29) is 5.84 Å². The Kier molecular flexibility index (Phi) is 3.61. The Morgan fingerprint density at radius 3 is 3.11 bits per heavy atom. The van der Waals surface area contributed by atoms with Gasteiger partial charge in [0.25, 0.3) is 0 Å². The third kappa shape index (κ3) is 2.34. The smallest absolute Gasteiger partial charge is 0.154 e. The fourth-order valence-electron chi connectivity index (χ4n) is 1.80. The fourth-order valence-corrected chi connectivity index (χ4v) is 1.80. The predicted molar refractivity (Wildman–Crippen MR) is 68.9 cm³/mol. The summed E-state index contributed by atoms with van der Waals surface area (Å²) in [6.07, 6.45) is 5.73. The Morgan fingerprint density at radius 1 is 1.56 bits per heavy atom. The summed E-state index contributed by atoms with van der Waals surface area (Å²) in [4.78, 5) is 6.44. The molecule has 0 aromatic carbocycles. The number of anilines is 1. The zero-order chi connectivity index (χ0) is 13.0. The lowest BCUT2D eigenvalue weighted by Crippen LogP contribution is -2.29. The molecule has 0 saturated carbocycles. The van der Waals surface area contributed by atoms with Gasteiger partial charge in [0.05, 0.1) is 6.20 Å². The van der Waals surface area contributed by atoms with Crippen molar-refractivity contribution in [2.24, 2.45) is 10.9 Å². The lowest BCUT2D eigenvalue weighted by molar-refractivity contribution is 0.317. The number of hydrogen-bond donors (Lipinski definition) is 2. The normalized spacial score (nSPS) is 11.9. The summed E-state index contributed by atoms with van der Waals surface area (Å²) >= 11 is 0. The average Bonchev–Trinajstić information content (AvgIpc) is 2.88. The SMILES string of the molecule is CCN(CC/C(N)=N/O)c1nccn2nccc12. The van der Waals surface area contributed by atoms with Gasteiger partial charge < -0.3 is 15.8 Å². The molecule has 0 atom stereocenters. The van der Waals surface area contributed by atoms with Crippen LogP contribution in [0, 0.1) is 0 Å². The highest BCUT2D eigenvalue weighted by Crippen LogP contribution is 2.17. The van der Waals surface area contributed by atoms with Crippen LogP contribution in [0.2, 0.25) is 0 Å². The monoisotopic (exact) mass is 248 g/mol. The van der Waals surface area contributed by atoms with E-state index < -0.39 is 0 Å². The number of nitrogens with zero attached hydrogens (tertiary/aromatic N) is 5. The van der Waals surface area contributed by atoms with Gasteiger partial charge in [0.15, 0.2) is 5.82 Å². The van der Waals surface area contributed by atoms with Crippen molar-refractivity contribution in [2.45, 2.75) is 13.3 Å². The van der Waals surface area contributed by atoms with Gasteiger partial charge in [-0.3, -0.25) is 0 Å². The van der Waals surface area contributed by atoms with Crippen LogP contribution in [0.15, 0.2) is 29.8 Å². The van der Waals surface area contributed by atoms with E-state index in [1.165, 1.54) is 0 Å². The molecule has 0 unspecified atom stereocenters. The van der Waals surface area contributed by atoms with Crippen molar-refractivity contribution >= 4 is 17.2 Å². The Hall–Kier alpha value is -2.31. The Balaban J connectivity index is 2.24. The summed E-state index contributed by atoms with van der Waals surface area (Å²) in [6.45, 7) is 3.47. The van der Waals surface area contributed by atoms with Gasteiger partial charge in [0.2, 0.25) is 0 Å². The molecule has 7 heteroatoms. The molecule has 2 heterocycles. The second kappa shape index (κ2) is 5.35. The minimum atomic E-state index is 0.217. The molecule has 0 aliphatic carbocycles. The third-order valence-corrected chi connectivity index (χ3v) is 2.75. The molecule has 3 N–H and O–H groups in total. The number of amidine groups is 1. The van der Waals surface area contributed by atoms with Gasteiger partial charge >= 0.3 is 0 Å². The standard InChI is InChI=1S/C11H16N6O/c1-2-16(7-4-10(12)15-18)11-9-3-5-14-17(9)8-6-13-11/h3,5-6,8,18H,2,4,7H2,1H3,(H2,12,15). The van der Waals surface area contributed by atoms with Crippen molar-refractivity contribution in [1.82, 2.24) is 14.6 Å². The van der Waals surface area contributed by atoms with E-state index >= 15 is 0 Å². The first-order chi connectivity index (χ1) is 8.76. The first-order valence-electron chi connectivity index (χ1n) is 5.76. The van der Waals surface area contributed by atoms with Crippen LogP contribution >= 0.6 is 0 Å². The molecule has 0 saturated heterocycles. The number of oxime groups is 1. The molecule has 2 aromatic rings. The van der Waals surface area contributed by atoms with Crippen molar-refractivity contribution in [3.05, 3.63) is 24.7 Å². The van der Waals surface area contributed by atoms with Gasteiger partial charge in [-0.05, 0) is 13.0 Å². The van der Waals surface area contributed by atoms with Crippen LogP contribution in [0.25, 0.3) is 5.52 Å². The summed E-state index contributed by atoms with van der Waals surface area (Å²) in [7, 11) is 0. The van der Waals surface area contributed by atoms with Gasteiger partial charge in [-0.2, -0.15) is 5.10 Å². The molecule has 96 valence electrons. The topological polar surface area (TPSA) is 92.0 Å². The first kappa shape index (κ1) is 12.2. The van der Waals surface area contributed by atoms with Gasteiger partial charge in [-0.25, -0.2) is 9.50 Å². The second-order valence-electron chi connectivity index (χ2n) is 3.83. The molecule has 0 aliphatic heterocycles. The highest BCUT2D eigenvalue weighted by Gasteiger charge is 2.11. The Morgan fingerprint density at radius 2 is 2.39 bits per heavy atom. The number of rotatable bonds is 5. The summed E-state index contributed by atoms with van der Waals surface area (Å²) in [5, 5.41) is 15.7. The summed E-state index contributed by atoms with van der Waals surface area (Å²) in [6, 6.07) is 1.91. The zero-order valence-electron chi connectivity index (χ0n) is 10.2. The molecule has 7 nitrogen and oxygen atoms in total. The van der Waals surface area contributed by atoms with E-state index in [9.17, 15) is 0 Å². The minimum Gasteiger partial charge on any atom is -0.409 e. The van der Waals surface area contributed by atoms with Crippen molar-refractivity contribution in [3.8, 4) is 0 Å². The van der Waals surface area contributed by atoms with E-state index in [0.29, 0.717) is 13.0 Å². The van der Waals surface area contributed by atoms with E-state index in [4.69, 9.17) is 10.9 Å². The number of fused-ring (bicyclic) bond motifs is 1. The van der Waals surface area contributed by atoms with E-state index in [1.807, 2.05) is 13.0 Å². The lowest BCUT2D eigenvalue weighted by atomic mass is 10.3. The van der Waals surface area contributed by atoms with E-state index in [0.717, 1.165) is 17.9 Å². The van der Waals surface area contributed by atoms with Crippen molar-refractivity contribution < 1.29 is 5.21 Å². The molecule has 0 radical (unpaired) electrons. The molecule has 0 amide bonds. The van der Waals surface area contributed by atoms with Crippen LogP contribution in [0.4, 0.5) is 5.82 Å². The molecule has 2 aromatic heterocycles. The van der Waals surface area contributed by atoms with Crippen LogP contribution in [0.3, 0.4) is 0 Å². The molecular weight excluding hydrogens is 232 g/mol. The maximum atomic E-state index is 8.54. The van der Waals surface area contributed by atoms with Gasteiger partial charge in [0, 0.05) is 31.9 Å². The van der Waals surface area contributed by atoms with Gasteiger partial charge in [-0.15, -0.1) is 0 Å². The van der Waals surface area contributed by atoms with Crippen LogP contribution < -0.4 is 10.6 Å². The van der Waals surface area contributed by atoms with Crippen LogP contribution in [0.1, 0.15) is 13.3 Å². The van der Waals surface area contributed by atoms with Gasteiger partial charge in [-0.1, -0.05) is 5.16 Å². The average molecular weight is 248 g/mol. The Bertz CT molecular complexity index is 549. The molecular formula is C11H16N6O. The van der Waals surface area contributed by atoms with Crippen LogP contribution in [0.5, 0.6) is 0 Å². The molecule has 2 rings (SSSR count). The largest absolute Gasteiger partial charge is 0.409 e. The molecule has 0 bridgehead atoms. The fraction of sp³-hybridized carbons (Fsp3) is 0.364. The predicted octanol–water partition coefficient (Wildman–Crippen LogP) is 0.692. The number of nitrogens with two attached hydrogens (primary N) is 1. The van der Waals surface area contributed by atoms with Crippen LogP contribution in [-0.4, -0.2) is 38.7 Å². The molecule has 0 aliphatic rings. The van der Waals surface area contributed by atoms with E-state index in [2.05, 4.69) is 20.1 Å². The van der Waals surface area contributed by atoms with E-state index in [1.54, 1.807) is 23.1 Å². The highest BCUT2D eigenvalue weighted by molar-refractivity contribution is 5.80. The molecule has 0 fully saturated rings. The van der Waals surface area contributed by atoms with Crippen molar-refractivity contribution in [3.63, 3.8) is 0 Å². The summed E-state index contributed by atoms with van der Waals surface area (Å²) in [5.41, 5.74) is 6.43. The summed E-state index contributed by atoms with van der Waals surface area (Å²) < 4.78 is 1.77. The Labute approximate surface area is 105 Å².